The molecule has 1 unspecified atom stereocenters. The third-order valence-corrected chi connectivity index (χ3v) is 2.24. The van der Waals surface area contributed by atoms with Crippen molar-refractivity contribution in [3.63, 3.8) is 0 Å². The highest BCUT2D eigenvalue weighted by Gasteiger charge is 2.15. The van der Waals surface area contributed by atoms with Crippen LogP contribution >= 0.6 is 0 Å². The number of hydrogen-bond acceptors (Lipinski definition) is 6. The molecule has 1 aromatic rings. The molecular formula is C14H16O6. The average molecular weight is 280 g/mol. The Morgan fingerprint density at radius 1 is 1.30 bits per heavy atom. The minimum absolute atomic E-state index is 0.232. The van der Waals surface area contributed by atoms with Crippen molar-refractivity contribution in [2.24, 2.45) is 0 Å². The van der Waals surface area contributed by atoms with E-state index in [1.165, 1.54) is 18.2 Å². The predicted molar refractivity (Wildman–Crippen MR) is 70.8 cm³/mol. The SMILES string of the molecule is CCOC(=O)C=Cc1ccc(OC(=O)C(O)CO)cc1. The number of carbonyl (C=O) groups excluding carboxylic acids is 2. The van der Waals surface area contributed by atoms with Crippen molar-refractivity contribution in [1.29, 1.82) is 0 Å². The third kappa shape index (κ3) is 5.21. The first-order chi connectivity index (χ1) is 9.56. The smallest absolute Gasteiger partial charge is 0.342 e. The highest BCUT2D eigenvalue weighted by molar-refractivity contribution is 5.87. The van der Waals surface area contributed by atoms with Crippen LogP contribution in [0, 0.1) is 0 Å². The van der Waals surface area contributed by atoms with Crippen LogP contribution in [0.15, 0.2) is 30.3 Å². The van der Waals surface area contributed by atoms with Gasteiger partial charge in [-0.3, -0.25) is 0 Å². The zero-order valence-corrected chi connectivity index (χ0v) is 11.0. The first kappa shape index (κ1) is 15.9. The van der Waals surface area contributed by atoms with Crippen molar-refractivity contribution < 1.29 is 29.3 Å². The van der Waals surface area contributed by atoms with Crippen LogP contribution in [0.25, 0.3) is 6.08 Å². The molecule has 1 rings (SSSR count). The van der Waals surface area contributed by atoms with Gasteiger partial charge in [-0.05, 0) is 30.7 Å². The maximum atomic E-state index is 11.2. The van der Waals surface area contributed by atoms with Gasteiger partial charge in [0.1, 0.15) is 5.75 Å². The van der Waals surface area contributed by atoms with Crippen LogP contribution in [0.5, 0.6) is 5.75 Å². The molecule has 0 saturated carbocycles. The van der Waals surface area contributed by atoms with Crippen molar-refractivity contribution in [3.8, 4) is 5.75 Å². The van der Waals surface area contributed by atoms with E-state index in [1.807, 2.05) is 0 Å². The number of carbonyl (C=O) groups is 2. The molecule has 0 aliphatic carbocycles. The van der Waals surface area contributed by atoms with Crippen LogP contribution in [0.3, 0.4) is 0 Å². The first-order valence-electron chi connectivity index (χ1n) is 6.02. The van der Waals surface area contributed by atoms with Crippen LogP contribution in [0.2, 0.25) is 0 Å². The molecule has 6 nitrogen and oxygen atoms in total. The van der Waals surface area contributed by atoms with E-state index in [2.05, 4.69) is 0 Å². The Hall–Kier alpha value is -2.18. The number of aliphatic hydroxyl groups is 2. The Morgan fingerprint density at radius 3 is 2.50 bits per heavy atom. The van der Waals surface area contributed by atoms with Gasteiger partial charge in [-0.1, -0.05) is 12.1 Å². The molecule has 0 radical (unpaired) electrons. The predicted octanol–water partition coefficient (Wildman–Crippen LogP) is 0.522. The van der Waals surface area contributed by atoms with Gasteiger partial charge in [0.25, 0.3) is 0 Å². The molecule has 0 fully saturated rings. The second-order valence-electron chi connectivity index (χ2n) is 3.77. The second kappa shape index (κ2) is 8.08. The molecule has 1 aromatic carbocycles. The van der Waals surface area contributed by atoms with Crippen molar-refractivity contribution in [3.05, 3.63) is 35.9 Å². The number of ether oxygens (including phenoxy) is 2. The summed E-state index contributed by atoms with van der Waals surface area (Å²) in [4.78, 5) is 22.3. The Bertz CT molecular complexity index is 477. The van der Waals surface area contributed by atoms with Crippen molar-refractivity contribution in [2.75, 3.05) is 13.2 Å². The lowest BCUT2D eigenvalue weighted by Crippen LogP contribution is -2.28. The van der Waals surface area contributed by atoms with E-state index in [0.29, 0.717) is 6.61 Å². The minimum Gasteiger partial charge on any atom is -0.463 e. The van der Waals surface area contributed by atoms with Crippen molar-refractivity contribution >= 4 is 18.0 Å². The van der Waals surface area contributed by atoms with E-state index in [-0.39, 0.29) is 5.75 Å². The lowest BCUT2D eigenvalue weighted by Gasteiger charge is -2.07. The standard InChI is InChI=1S/C14H16O6/c1-2-19-13(17)8-5-10-3-6-11(7-4-10)20-14(18)12(16)9-15/h3-8,12,15-16H,2,9H2,1H3. The maximum absolute atomic E-state index is 11.2. The molecule has 20 heavy (non-hydrogen) atoms. The number of rotatable bonds is 6. The molecule has 0 aliphatic rings. The maximum Gasteiger partial charge on any atom is 0.342 e. The summed E-state index contributed by atoms with van der Waals surface area (Å²) < 4.78 is 9.55. The fourth-order valence-electron chi connectivity index (χ4n) is 1.26. The average Bonchev–Trinajstić information content (AvgIpc) is 2.46. The lowest BCUT2D eigenvalue weighted by atomic mass is 10.2. The zero-order valence-electron chi connectivity index (χ0n) is 11.0. The van der Waals surface area contributed by atoms with Crippen LogP contribution < -0.4 is 4.74 Å². The Balaban J connectivity index is 2.60. The fourth-order valence-corrected chi connectivity index (χ4v) is 1.26. The quantitative estimate of drug-likeness (QED) is 0.448. The third-order valence-electron chi connectivity index (χ3n) is 2.24. The summed E-state index contributed by atoms with van der Waals surface area (Å²) in [6.07, 6.45) is 1.30. The molecule has 0 saturated heterocycles. The van der Waals surface area contributed by atoms with Gasteiger partial charge in [0.05, 0.1) is 13.2 Å². The largest absolute Gasteiger partial charge is 0.463 e. The molecule has 0 aliphatic heterocycles. The molecular weight excluding hydrogens is 264 g/mol. The van der Waals surface area contributed by atoms with Crippen molar-refractivity contribution in [1.82, 2.24) is 0 Å². The monoisotopic (exact) mass is 280 g/mol. The van der Waals surface area contributed by atoms with Gasteiger partial charge >= 0.3 is 11.9 Å². The second-order valence-corrected chi connectivity index (χ2v) is 3.77. The van der Waals surface area contributed by atoms with Gasteiger partial charge in [0, 0.05) is 6.08 Å². The summed E-state index contributed by atoms with van der Waals surface area (Å²) in [6.45, 7) is 1.33. The molecule has 108 valence electrons. The van der Waals surface area contributed by atoms with Gasteiger partial charge in [0.15, 0.2) is 6.10 Å². The lowest BCUT2D eigenvalue weighted by molar-refractivity contribution is -0.145. The summed E-state index contributed by atoms with van der Waals surface area (Å²) in [5.41, 5.74) is 0.723. The van der Waals surface area contributed by atoms with Crippen LogP contribution in [0.1, 0.15) is 12.5 Å². The molecule has 0 spiro atoms. The van der Waals surface area contributed by atoms with Gasteiger partial charge in [-0.15, -0.1) is 0 Å². The van der Waals surface area contributed by atoms with Crippen molar-refractivity contribution in [2.45, 2.75) is 13.0 Å². The Morgan fingerprint density at radius 2 is 1.95 bits per heavy atom. The van der Waals surface area contributed by atoms with Gasteiger partial charge in [0.2, 0.25) is 0 Å². The number of esters is 2. The Kier molecular flexibility index (Phi) is 6.42. The topological polar surface area (TPSA) is 93.1 Å². The molecule has 0 aromatic heterocycles. The normalized spacial score (nSPS) is 12.2. The molecule has 0 amide bonds. The van der Waals surface area contributed by atoms with E-state index in [4.69, 9.17) is 19.7 Å². The van der Waals surface area contributed by atoms with E-state index in [9.17, 15) is 9.59 Å². The fraction of sp³-hybridized carbons (Fsp3) is 0.286. The van der Waals surface area contributed by atoms with E-state index < -0.39 is 24.6 Å². The zero-order chi connectivity index (χ0) is 15.0. The van der Waals surface area contributed by atoms with Gasteiger partial charge in [-0.25, -0.2) is 9.59 Å². The molecule has 0 heterocycles. The molecule has 1 atom stereocenters. The van der Waals surface area contributed by atoms with Crippen LogP contribution in [-0.4, -0.2) is 41.5 Å². The molecule has 0 bridgehead atoms. The summed E-state index contributed by atoms with van der Waals surface area (Å²) in [7, 11) is 0. The summed E-state index contributed by atoms with van der Waals surface area (Å²) in [6, 6.07) is 6.27. The number of aliphatic hydroxyl groups excluding tert-OH is 2. The van der Waals surface area contributed by atoms with Crippen LogP contribution in [-0.2, 0) is 14.3 Å². The van der Waals surface area contributed by atoms with E-state index in [0.717, 1.165) is 5.56 Å². The minimum atomic E-state index is -1.56. The van der Waals surface area contributed by atoms with Gasteiger partial charge < -0.3 is 19.7 Å². The first-order valence-corrected chi connectivity index (χ1v) is 6.02. The highest BCUT2D eigenvalue weighted by Crippen LogP contribution is 2.14. The molecule has 2 N–H and O–H groups in total. The van der Waals surface area contributed by atoms with E-state index >= 15 is 0 Å². The van der Waals surface area contributed by atoms with Crippen LogP contribution in [0.4, 0.5) is 0 Å². The Labute approximate surface area is 116 Å². The summed E-state index contributed by atoms with van der Waals surface area (Å²) in [5, 5.41) is 17.6. The number of hydrogen-bond donors (Lipinski definition) is 2. The summed E-state index contributed by atoms with van der Waals surface area (Å²) in [5.74, 6) is -1.13. The summed E-state index contributed by atoms with van der Waals surface area (Å²) >= 11 is 0. The van der Waals surface area contributed by atoms with Gasteiger partial charge in [-0.2, -0.15) is 0 Å². The number of benzene rings is 1. The molecule has 6 heteroatoms. The van der Waals surface area contributed by atoms with E-state index in [1.54, 1.807) is 25.1 Å². The highest BCUT2D eigenvalue weighted by atomic mass is 16.6.